The van der Waals surface area contributed by atoms with Gasteiger partial charge in [0.05, 0.1) is 11.7 Å². The molecule has 0 aromatic heterocycles. The second-order valence-electron chi connectivity index (χ2n) is 5.78. The zero-order valence-electron chi connectivity index (χ0n) is 12.5. The maximum atomic E-state index is 11.8. The number of aliphatic hydroxyl groups is 2. The van der Waals surface area contributed by atoms with Crippen molar-refractivity contribution in [3.8, 4) is 0 Å². The van der Waals surface area contributed by atoms with Gasteiger partial charge in [0.15, 0.2) is 0 Å². The number of carbonyl (C=O) groups excluding carboxylic acids is 1. The summed E-state index contributed by atoms with van der Waals surface area (Å²) in [5.74, 6) is -0.175. The van der Waals surface area contributed by atoms with Gasteiger partial charge >= 0.3 is 0 Å². The van der Waals surface area contributed by atoms with Crippen LogP contribution in [0, 0.1) is 0 Å². The van der Waals surface area contributed by atoms with Gasteiger partial charge in [0.1, 0.15) is 0 Å². The van der Waals surface area contributed by atoms with E-state index in [1.165, 1.54) is 0 Å². The van der Waals surface area contributed by atoms with Gasteiger partial charge in [-0.2, -0.15) is 0 Å². The smallest absolute Gasteiger partial charge is 0.251 e. The highest BCUT2D eigenvalue weighted by Crippen LogP contribution is 2.13. The number of amides is 1. The lowest BCUT2D eigenvalue weighted by molar-refractivity contribution is 0.0713. The first-order valence-electron chi connectivity index (χ1n) is 7.09. The molecular weight excluding hydrogens is 254 g/mol. The Morgan fingerprint density at radius 3 is 2.40 bits per heavy atom. The summed E-state index contributed by atoms with van der Waals surface area (Å²) < 4.78 is 0. The molecule has 0 aliphatic heterocycles. The third kappa shape index (κ3) is 6.17. The second kappa shape index (κ2) is 7.41. The third-order valence-electron chi connectivity index (χ3n) is 3.21. The molecule has 0 saturated heterocycles. The average Bonchev–Trinajstić information content (AvgIpc) is 2.41. The van der Waals surface area contributed by atoms with Crippen molar-refractivity contribution in [2.75, 3.05) is 6.54 Å². The highest BCUT2D eigenvalue weighted by atomic mass is 16.3. The topological polar surface area (TPSA) is 69.6 Å². The predicted octanol–water partition coefficient (Wildman–Crippen LogP) is 1.89. The molecule has 1 aromatic carbocycles. The largest absolute Gasteiger partial charge is 0.391 e. The molecule has 1 amide bonds. The quantitative estimate of drug-likeness (QED) is 0.714. The van der Waals surface area contributed by atoms with Crippen LogP contribution in [0.5, 0.6) is 0 Å². The van der Waals surface area contributed by atoms with E-state index in [0.29, 0.717) is 18.4 Å². The molecule has 0 radical (unpaired) electrons. The molecule has 4 heteroatoms. The van der Waals surface area contributed by atoms with Gasteiger partial charge in [-0.3, -0.25) is 4.79 Å². The molecular formula is C16H25NO3. The Hall–Kier alpha value is -1.39. The standard InChI is InChI=1S/C16H25NO3/c1-4-14(18)11-17-15(19)13-7-5-12(6-8-13)9-10-16(2,3)20/h5-8,14,18,20H,4,9-11H2,1-3H3,(H,17,19)/t14-/m1/s1. The van der Waals surface area contributed by atoms with Crippen LogP contribution in [0.4, 0.5) is 0 Å². The van der Waals surface area contributed by atoms with Crippen molar-refractivity contribution >= 4 is 5.91 Å². The van der Waals surface area contributed by atoms with Gasteiger partial charge in [-0.05, 0) is 50.8 Å². The van der Waals surface area contributed by atoms with Gasteiger partial charge in [0, 0.05) is 12.1 Å². The van der Waals surface area contributed by atoms with Crippen LogP contribution < -0.4 is 5.32 Å². The molecule has 4 nitrogen and oxygen atoms in total. The molecule has 1 rings (SSSR count). The zero-order chi connectivity index (χ0) is 15.2. The number of hydrogen-bond donors (Lipinski definition) is 3. The molecule has 0 fully saturated rings. The number of rotatable bonds is 7. The molecule has 0 saturated carbocycles. The van der Waals surface area contributed by atoms with E-state index in [2.05, 4.69) is 5.32 Å². The molecule has 0 unspecified atom stereocenters. The molecule has 1 atom stereocenters. The lowest BCUT2D eigenvalue weighted by atomic mass is 9.98. The molecule has 20 heavy (non-hydrogen) atoms. The summed E-state index contributed by atoms with van der Waals surface area (Å²) in [5, 5.41) is 21.8. The number of benzene rings is 1. The van der Waals surface area contributed by atoms with Crippen LogP contribution in [-0.2, 0) is 6.42 Å². The summed E-state index contributed by atoms with van der Waals surface area (Å²) in [7, 11) is 0. The summed E-state index contributed by atoms with van der Waals surface area (Å²) in [6.45, 7) is 5.71. The van der Waals surface area contributed by atoms with Crippen molar-refractivity contribution in [3.63, 3.8) is 0 Å². The SMILES string of the molecule is CC[C@@H](O)CNC(=O)c1ccc(CCC(C)(C)O)cc1. The first-order chi connectivity index (χ1) is 9.31. The normalized spacial score (nSPS) is 13.1. The Labute approximate surface area is 120 Å². The first-order valence-corrected chi connectivity index (χ1v) is 7.09. The minimum absolute atomic E-state index is 0.175. The first kappa shape index (κ1) is 16.7. The van der Waals surface area contributed by atoms with Crippen molar-refractivity contribution in [1.82, 2.24) is 5.32 Å². The van der Waals surface area contributed by atoms with E-state index < -0.39 is 11.7 Å². The van der Waals surface area contributed by atoms with Gasteiger partial charge in [-0.25, -0.2) is 0 Å². The van der Waals surface area contributed by atoms with Crippen molar-refractivity contribution in [2.24, 2.45) is 0 Å². The van der Waals surface area contributed by atoms with Crippen LogP contribution >= 0.6 is 0 Å². The van der Waals surface area contributed by atoms with E-state index in [1.807, 2.05) is 19.1 Å². The summed E-state index contributed by atoms with van der Waals surface area (Å²) in [5.41, 5.74) is 1.00. The average molecular weight is 279 g/mol. The van der Waals surface area contributed by atoms with Crippen molar-refractivity contribution in [2.45, 2.75) is 51.7 Å². The van der Waals surface area contributed by atoms with E-state index >= 15 is 0 Å². The number of aliphatic hydroxyl groups excluding tert-OH is 1. The molecule has 0 bridgehead atoms. The van der Waals surface area contributed by atoms with E-state index in [4.69, 9.17) is 0 Å². The van der Waals surface area contributed by atoms with E-state index in [-0.39, 0.29) is 12.5 Å². The van der Waals surface area contributed by atoms with Gasteiger partial charge < -0.3 is 15.5 Å². The number of carbonyl (C=O) groups is 1. The minimum Gasteiger partial charge on any atom is -0.391 e. The summed E-state index contributed by atoms with van der Waals surface area (Å²) >= 11 is 0. The van der Waals surface area contributed by atoms with Gasteiger partial charge in [-0.15, -0.1) is 0 Å². The molecule has 0 aliphatic rings. The summed E-state index contributed by atoms with van der Waals surface area (Å²) in [6, 6.07) is 7.34. The Kier molecular flexibility index (Phi) is 6.17. The maximum Gasteiger partial charge on any atom is 0.251 e. The molecule has 0 heterocycles. The highest BCUT2D eigenvalue weighted by Gasteiger charge is 2.12. The second-order valence-corrected chi connectivity index (χ2v) is 5.78. The van der Waals surface area contributed by atoms with Gasteiger partial charge in [-0.1, -0.05) is 19.1 Å². The molecule has 0 aliphatic carbocycles. The number of aryl methyl sites for hydroxylation is 1. The Balaban J connectivity index is 2.51. The van der Waals surface area contributed by atoms with Crippen LogP contribution in [0.25, 0.3) is 0 Å². The lowest BCUT2D eigenvalue weighted by Gasteiger charge is -2.16. The fourth-order valence-corrected chi connectivity index (χ4v) is 1.73. The molecule has 112 valence electrons. The Morgan fingerprint density at radius 2 is 1.90 bits per heavy atom. The number of hydrogen-bond acceptors (Lipinski definition) is 3. The van der Waals surface area contributed by atoms with Crippen molar-refractivity contribution in [3.05, 3.63) is 35.4 Å². The fraction of sp³-hybridized carbons (Fsp3) is 0.562. The van der Waals surface area contributed by atoms with Crippen molar-refractivity contribution in [1.29, 1.82) is 0 Å². The molecule has 3 N–H and O–H groups in total. The zero-order valence-corrected chi connectivity index (χ0v) is 12.5. The van der Waals surface area contributed by atoms with Gasteiger partial charge in [0.25, 0.3) is 5.91 Å². The van der Waals surface area contributed by atoms with Crippen molar-refractivity contribution < 1.29 is 15.0 Å². The highest BCUT2D eigenvalue weighted by molar-refractivity contribution is 5.94. The monoisotopic (exact) mass is 279 g/mol. The third-order valence-corrected chi connectivity index (χ3v) is 3.21. The van der Waals surface area contributed by atoms with Crippen LogP contribution in [0.15, 0.2) is 24.3 Å². The lowest BCUT2D eigenvalue weighted by Crippen LogP contribution is -2.31. The van der Waals surface area contributed by atoms with Crippen LogP contribution in [0.3, 0.4) is 0 Å². The Morgan fingerprint density at radius 1 is 1.30 bits per heavy atom. The minimum atomic E-state index is -0.674. The van der Waals surface area contributed by atoms with E-state index in [1.54, 1.807) is 26.0 Å². The summed E-state index contributed by atoms with van der Waals surface area (Å²) in [4.78, 5) is 11.8. The van der Waals surface area contributed by atoms with Crippen LogP contribution in [0.1, 0.15) is 49.5 Å². The van der Waals surface area contributed by atoms with Crippen LogP contribution in [-0.4, -0.2) is 34.4 Å². The van der Waals surface area contributed by atoms with E-state index in [9.17, 15) is 15.0 Å². The predicted molar refractivity (Wildman–Crippen MR) is 79.7 cm³/mol. The molecule has 1 aromatic rings. The number of nitrogens with one attached hydrogen (secondary N) is 1. The van der Waals surface area contributed by atoms with E-state index in [0.717, 1.165) is 12.0 Å². The van der Waals surface area contributed by atoms with Crippen LogP contribution in [0.2, 0.25) is 0 Å². The summed E-state index contributed by atoms with van der Waals surface area (Å²) in [6.07, 6.45) is 1.59. The maximum absolute atomic E-state index is 11.8. The molecule has 0 spiro atoms. The van der Waals surface area contributed by atoms with Gasteiger partial charge in [0.2, 0.25) is 0 Å². The Bertz CT molecular complexity index is 420. The fourth-order valence-electron chi connectivity index (χ4n) is 1.73.